The number of nitro groups is 1. The van der Waals surface area contributed by atoms with E-state index >= 15 is 0 Å². The first kappa shape index (κ1) is 10.2. The SMILES string of the molecule is COc1ccc(-n2cccn2)c([N+](=O)[O-])c1. The Kier molecular flexibility index (Phi) is 2.55. The molecule has 0 atom stereocenters. The molecule has 0 bridgehead atoms. The molecule has 2 aromatic rings. The van der Waals surface area contributed by atoms with Gasteiger partial charge in [0.2, 0.25) is 0 Å². The zero-order valence-electron chi connectivity index (χ0n) is 8.53. The van der Waals surface area contributed by atoms with Crippen molar-refractivity contribution in [3.05, 3.63) is 46.8 Å². The van der Waals surface area contributed by atoms with E-state index in [-0.39, 0.29) is 5.69 Å². The first-order valence-electron chi connectivity index (χ1n) is 4.55. The van der Waals surface area contributed by atoms with E-state index in [4.69, 9.17) is 4.74 Å². The fourth-order valence-corrected chi connectivity index (χ4v) is 1.38. The number of methoxy groups -OCH3 is 1. The van der Waals surface area contributed by atoms with E-state index in [0.29, 0.717) is 11.4 Å². The summed E-state index contributed by atoms with van der Waals surface area (Å²) in [4.78, 5) is 10.4. The van der Waals surface area contributed by atoms with Gasteiger partial charge >= 0.3 is 0 Å². The minimum absolute atomic E-state index is 0.0388. The fraction of sp³-hybridized carbons (Fsp3) is 0.100. The highest BCUT2D eigenvalue weighted by Crippen LogP contribution is 2.26. The number of ether oxygens (including phenoxy) is 1. The van der Waals surface area contributed by atoms with Gasteiger partial charge in [-0.25, -0.2) is 4.68 Å². The second-order valence-electron chi connectivity index (χ2n) is 3.06. The van der Waals surface area contributed by atoms with Crippen LogP contribution in [0.25, 0.3) is 5.69 Å². The van der Waals surface area contributed by atoms with Crippen LogP contribution in [0.3, 0.4) is 0 Å². The topological polar surface area (TPSA) is 70.2 Å². The Morgan fingerprint density at radius 2 is 2.31 bits per heavy atom. The van der Waals surface area contributed by atoms with Crippen LogP contribution in [0.1, 0.15) is 0 Å². The zero-order valence-corrected chi connectivity index (χ0v) is 8.53. The molecule has 0 amide bonds. The van der Waals surface area contributed by atoms with E-state index in [1.807, 2.05) is 0 Å². The molecule has 6 nitrogen and oxygen atoms in total. The van der Waals surface area contributed by atoms with Gasteiger partial charge in [0.1, 0.15) is 11.4 Å². The first-order chi connectivity index (χ1) is 7.72. The lowest BCUT2D eigenvalue weighted by Crippen LogP contribution is -2.00. The number of nitro benzene ring substituents is 1. The fourth-order valence-electron chi connectivity index (χ4n) is 1.38. The molecule has 0 N–H and O–H groups in total. The molecule has 2 rings (SSSR count). The van der Waals surface area contributed by atoms with E-state index in [1.54, 1.807) is 30.6 Å². The van der Waals surface area contributed by atoms with Gasteiger partial charge in [-0.05, 0) is 18.2 Å². The molecule has 0 aliphatic rings. The molecule has 0 spiro atoms. The minimum Gasteiger partial charge on any atom is -0.496 e. The Labute approximate surface area is 91.2 Å². The van der Waals surface area contributed by atoms with Crippen molar-refractivity contribution >= 4 is 5.69 Å². The van der Waals surface area contributed by atoms with Gasteiger partial charge in [0.05, 0.1) is 18.1 Å². The summed E-state index contributed by atoms with van der Waals surface area (Å²) >= 11 is 0. The molecule has 0 saturated heterocycles. The summed E-state index contributed by atoms with van der Waals surface area (Å²) in [5, 5.41) is 14.9. The largest absolute Gasteiger partial charge is 0.496 e. The van der Waals surface area contributed by atoms with Crippen LogP contribution in [0.2, 0.25) is 0 Å². The minimum atomic E-state index is -0.459. The summed E-state index contributed by atoms with van der Waals surface area (Å²) in [7, 11) is 1.46. The van der Waals surface area contributed by atoms with Crippen LogP contribution in [-0.2, 0) is 0 Å². The second kappa shape index (κ2) is 4.01. The average molecular weight is 219 g/mol. The van der Waals surface area contributed by atoms with Gasteiger partial charge in [-0.3, -0.25) is 10.1 Å². The monoisotopic (exact) mass is 219 g/mol. The lowest BCUT2D eigenvalue weighted by Gasteiger charge is -2.04. The standard InChI is InChI=1S/C10H9N3O3/c1-16-8-3-4-9(10(7-8)13(14)15)12-6-2-5-11-12/h2-7H,1H3. The maximum atomic E-state index is 10.9. The predicted molar refractivity (Wildman–Crippen MR) is 56.8 cm³/mol. The number of nitrogens with zero attached hydrogens (tertiary/aromatic N) is 3. The summed E-state index contributed by atoms with van der Waals surface area (Å²) in [6.45, 7) is 0. The quantitative estimate of drug-likeness (QED) is 0.582. The smallest absolute Gasteiger partial charge is 0.298 e. The molecule has 0 fully saturated rings. The Balaban J connectivity index is 2.57. The molecule has 0 radical (unpaired) electrons. The third-order valence-corrected chi connectivity index (χ3v) is 2.13. The molecule has 1 aromatic heterocycles. The Hall–Kier alpha value is -2.37. The molecule has 0 unspecified atom stereocenters. The van der Waals surface area contributed by atoms with Crippen LogP contribution >= 0.6 is 0 Å². The molecule has 0 aliphatic carbocycles. The number of hydrogen-bond acceptors (Lipinski definition) is 4. The van der Waals surface area contributed by atoms with Crippen molar-refractivity contribution in [1.82, 2.24) is 9.78 Å². The first-order valence-corrected chi connectivity index (χ1v) is 4.55. The second-order valence-corrected chi connectivity index (χ2v) is 3.06. The Morgan fingerprint density at radius 3 is 2.88 bits per heavy atom. The van der Waals surface area contributed by atoms with Gasteiger partial charge in [0.15, 0.2) is 0 Å². The molecule has 16 heavy (non-hydrogen) atoms. The van der Waals surface area contributed by atoms with Gasteiger partial charge in [-0.1, -0.05) is 0 Å². The Morgan fingerprint density at radius 1 is 1.50 bits per heavy atom. The van der Waals surface area contributed by atoms with E-state index in [1.165, 1.54) is 17.9 Å². The van der Waals surface area contributed by atoms with Gasteiger partial charge < -0.3 is 4.74 Å². The van der Waals surface area contributed by atoms with Crippen molar-refractivity contribution in [1.29, 1.82) is 0 Å². The van der Waals surface area contributed by atoms with Crippen LogP contribution < -0.4 is 4.74 Å². The van der Waals surface area contributed by atoms with E-state index in [2.05, 4.69) is 5.10 Å². The molecule has 0 saturated carbocycles. The summed E-state index contributed by atoms with van der Waals surface area (Å²) < 4.78 is 6.39. The van der Waals surface area contributed by atoms with Gasteiger partial charge in [0, 0.05) is 12.4 Å². The van der Waals surface area contributed by atoms with Crippen molar-refractivity contribution in [3.8, 4) is 11.4 Å². The number of hydrogen-bond donors (Lipinski definition) is 0. The van der Waals surface area contributed by atoms with Crippen molar-refractivity contribution in [2.24, 2.45) is 0 Å². The maximum Gasteiger partial charge on any atom is 0.298 e. The van der Waals surface area contributed by atoms with Crippen molar-refractivity contribution in [2.45, 2.75) is 0 Å². The van der Waals surface area contributed by atoms with Gasteiger partial charge in [0.25, 0.3) is 5.69 Å². The third-order valence-electron chi connectivity index (χ3n) is 2.13. The number of benzene rings is 1. The molecule has 1 aromatic carbocycles. The van der Waals surface area contributed by atoms with Crippen LogP contribution in [0.5, 0.6) is 5.75 Å². The highest BCUT2D eigenvalue weighted by Gasteiger charge is 2.16. The normalized spacial score (nSPS) is 10.1. The van der Waals surface area contributed by atoms with E-state index in [9.17, 15) is 10.1 Å². The summed E-state index contributed by atoms with van der Waals surface area (Å²) in [6.07, 6.45) is 3.21. The van der Waals surface area contributed by atoms with Crippen molar-refractivity contribution in [2.75, 3.05) is 7.11 Å². The number of rotatable bonds is 3. The zero-order chi connectivity index (χ0) is 11.5. The van der Waals surface area contributed by atoms with E-state index < -0.39 is 4.92 Å². The van der Waals surface area contributed by atoms with Crippen molar-refractivity contribution < 1.29 is 9.66 Å². The Bertz CT molecular complexity index is 508. The summed E-state index contributed by atoms with van der Waals surface area (Å²) in [5.74, 6) is 0.447. The summed E-state index contributed by atoms with van der Waals surface area (Å²) in [5.41, 5.74) is 0.374. The lowest BCUT2D eigenvalue weighted by molar-refractivity contribution is -0.384. The van der Waals surface area contributed by atoms with E-state index in [0.717, 1.165) is 0 Å². The highest BCUT2D eigenvalue weighted by atomic mass is 16.6. The van der Waals surface area contributed by atoms with Crippen molar-refractivity contribution in [3.63, 3.8) is 0 Å². The molecule has 82 valence electrons. The molecular formula is C10H9N3O3. The van der Waals surface area contributed by atoms with Crippen LogP contribution in [0.15, 0.2) is 36.7 Å². The molecular weight excluding hydrogens is 210 g/mol. The lowest BCUT2D eigenvalue weighted by atomic mass is 10.2. The number of aromatic nitrogens is 2. The van der Waals surface area contributed by atoms with Crippen LogP contribution in [-0.4, -0.2) is 21.8 Å². The highest BCUT2D eigenvalue weighted by molar-refractivity contribution is 5.55. The molecule has 1 heterocycles. The van der Waals surface area contributed by atoms with Gasteiger partial charge in [-0.15, -0.1) is 0 Å². The molecule has 0 aliphatic heterocycles. The maximum absolute atomic E-state index is 10.9. The third kappa shape index (κ3) is 1.72. The molecule has 6 heteroatoms. The summed E-state index contributed by atoms with van der Waals surface area (Å²) in [6, 6.07) is 6.33. The predicted octanol–water partition coefficient (Wildman–Crippen LogP) is 1.79. The van der Waals surface area contributed by atoms with Gasteiger partial charge in [-0.2, -0.15) is 5.10 Å². The van der Waals surface area contributed by atoms with Crippen LogP contribution in [0.4, 0.5) is 5.69 Å². The van der Waals surface area contributed by atoms with Crippen LogP contribution in [0, 0.1) is 10.1 Å². The average Bonchev–Trinajstić information content (AvgIpc) is 2.81.